The van der Waals surface area contributed by atoms with Crippen molar-refractivity contribution in [1.82, 2.24) is 0 Å². The number of anilines is 1. The van der Waals surface area contributed by atoms with Gasteiger partial charge in [0.1, 0.15) is 11.2 Å². The zero-order valence-electron chi connectivity index (χ0n) is 14.5. The SMILES string of the molecule is O=C(CCc1ccc2c(c1)OCO2)Nc1ccc2c(c1)oc1ccccc12. The number of hydrogen-bond donors (Lipinski definition) is 1. The lowest BCUT2D eigenvalue weighted by Gasteiger charge is -2.06. The third-order valence-electron chi connectivity index (χ3n) is 4.74. The Morgan fingerprint density at radius 1 is 0.889 bits per heavy atom. The van der Waals surface area contributed by atoms with E-state index in [0.29, 0.717) is 12.8 Å². The molecule has 1 aliphatic heterocycles. The predicted molar refractivity (Wildman–Crippen MR) is 103 cm³/mol. The third-order valence-corrected chi connectivity index (χ3v) is 4.74. The monoisotopic (exact) mass is 359 g/mol. The lowest BCUT2D eigenvalue weighted by atomic mass is 10.1. The number of ether oxygens (including phenoxy) is 2. The van der Waals surface area contributed by atoms with E-state index in [4.69, 9.17) is 13.9 Å². The number of para-hydroxylation sites is 1. The van der Waals surface area contributed by atoms with Crippen LogP contribution in [0.25, 0.3) is 21.9 Å². The molecule has 0 aliphatic carbocycles. The Hall–Kier alpha value is -3.47. The van der Waals surface area contributed by atoms with E-state index in [1.807, 2.05) is 60.7 Å². The van der Waals surface area contributed by atoms with Crippen LogP contribution in [0.2, 0.25) is 0 Å². The maximum Gasteiger partial charge on any atom is 0.231 e. The maximum absolute atomic E-state index is 12.3. The molecule has 0 radical (unpaired) electrons. The first-order chi connectivity index (χ1) is 13.3. The fourth-order valence-electron chi connectivity index (χ4n) is 3.38. The fourth-order valence-corrected chi connectivity index (χ4v) is 3.38. The molecule has 0 unspecified atom stereocenters. The Balaban J connectivity index is 1.28. The zero-order valence-corrected chi connectivity index (χ0v) is 14.5. The highest BCUT2D eigenvalue weighted by Gasteiger charge is 2.14. The number of carbonyl (C=O) groups is 1. The van der Waals surface area contributed by atoms with E-state index in [1.165, 1.54) is 0 Å². The van der Waals surface area contributed by atoms with Gasteiger partial charge in [-0.2, -0.15) is 0 Å². The van der Waals surface area contributed by atoms with Crippen LogP contribution < -0.4 is 14.8 Å². The highest BCUT2D eigenvalue weighted by molar-refractivity contribution is 6.06. The molecule has 0 fully saturated rings. The molecule has 134 valence electrons. The Morgan fingerprint density at radius 3 is 2.70 bits per heavy atom. The summed E-state index contributed by atoms with van der Waals surface area (Å²) in [6, 6.07) is 19.4. The van der Waals surface area contributed by atoms with E-state index in [-0.39, 0.29) is 12.7 Å². The topological polar surface area (TPSA) is 60.7 Å². The van der Waals surface area contributed by atoms with Gasteiger partial charge in [-0.15, -0.1) is 0 Å². The van der Waals surface area contributed by atoms with Crippen molar-refractivity contribution in [3.63, 3.8) is 0 Å². The number of carbonyl (C=O) groups excluding carboxylic acids is 1. The van der Waals surface area contributed by atoms with Crippen molar-refractivity contribution in [3.8, 4) is 11.5 Å². The summed E-state index contributed by atoms with van der Waals surface area (Å²) in [5.74, 6) is 1.45. The van der Waals surface area contributed by atoms with Crippen molar-refractivity contribution in [1.29, 1.82) is 0 Å². The van der Waals surface area contributed by atoms with Crippen LogP contribution in [0, 0.1) is 0 Å². The third kappa shape index (κ3) is 2.97. The van der Waals surface area contributed by atoms with Crippen molar-refractivity contribution in [3.05, 3.63) is 66.2 Å². The van der Waals surface area contributed by atoms with Gasteiger partial charge in [-0.3, -0.25) is 4.79 Å². The summed E-state index contributed by atoms with van der Waals surface area (Å²) in [4.78, 5) is 12.3. The van der Waals surface area contributed by atoms with Crippen LogP contribution in [-0.4, -0.2) is 12.7 Å². The lowest BCUT2D eigenvalue weighted by Crippen LogP contribution is -2.12. The summed E-state index contributed by atoms with van der Waals surface area (Å²) in [6.45, 7) is 0.254. The molecule has 0 bridgehead atoms. The lowest BCUT2D eigenvalue weighted by molar-refractivity contribution is -0.116. The van der Waals surface area contributed by atoms with Gasteiger partial charge in [-0.1, -0.05) is 24.3 Å². The molecule has 5 rings (SSSR count). The van der Waals surface area contributed by atoms with Crippen LogP contribution in [-0.2, 0) is 11.2 Å². The van der Waals surface area contributed by atoms with Crippen LogP contribution in [0.5, 0.6) is 11.5 Å². The number of aryl methyl sites for hydroxylation is 1. The maximum atomic E-state index is 12.3. The van der Waals surface area contributed by atoms with Gasteiger partial charge < -0.3 is 19.2 Å². The summed E-state index contributed by atoms with van der Waals surface area (Å²) < 4.78 is 16.5. The fraction of sp³-hybridized carbons (Fsp3) is 0.136. The molecule has 0 spiro atoms. The smallest absolute Gasteiger partial charge is 0.231 e. The number of nitrogens with one attached hydrogen (secondary N) is 1. The van der Waals surface area contributed by atoms with E-state index < -0.39 is 0 Å². The zero-order chi connectivity index (χ0) is 18.2. The second-order valence-corrected chi connectivity index (χ2v) is 6.54. The molecule has 5 heteroatoms. The van der Waals surface area contributed by atoms with Gasteiger partial charge >= 0.3 is 0 Å². The normalized spacial score (nSPS) is 12.6. The summed E-state index contributed by atoms with van der Waals surface area (Å²) in [5.41, 5.74) is 3.39. The van der Waals surface area contributed by atoms with E-state index in [0.717, 1.165) is 44.7 Å². The van der Waals surface area contributed by atoms with Crippen molar-refractivity contribution >= 4 is 33.5 Å². The van der Waals surface area contributed by atoms with Gasteiger partial charge in [0.15, 0.2) is 11.5 Å². The Kier molecular flexibility index (Phi) is 3.71. The number of benzene rings is 3. The highest BCUT2D eigenvalue weighted by Crippen LogP contribution is 2.33. The standard InChI is InChI=1S/C22H17NO4/c24-22(10-6-14-5-9-19-21(11-14)26-13-25-19)23-15-7-8-17-16-3-1-2-4-18(16)27-20(17)12-15/h1-5,7-9,11-12H,6,10,13H2,(H,23,24). The molecule has 1 amide bonds. The number of rotatable bonds is 4. The van der Waals surface area contributed by atoms with Gasteiger partial charge in [0, 0.05) is 28.9 Å². The summed E-state index contributed by atoms with van der Waals surface area (Å²) in [5, 5.41) is 5.07. The van der Waals surface area contributed by atoms with Gasteiger partial charge in [0.25, 0.3) is 0 Å². The van der Waals surface area contributed by atoms with Gasteiger partial charge in [0.2, 0.25) is 12.7 Å². The average Bonchev–Trinajstić information content (AvgIpc) is 3.29. The first-order valence-corrected chi connectivity index (χ1v) is 8.86. The van der Waals surface area contributed by atoms with E-state index >= 15 is 0 Å². The molecular weight excluding hydrogens is 342 g/mol. The molecule has 4 aromatic rings. The molecule has 1 N–H and O–H groups in total. The number of fused-ring (bicyclic) bond motifs is 4. The molecule has 0 atom stereocenters. The molecule has 1 aromatic heterocycles. The molecule has 27 heavy (non-hydrogen) atoms. The van der Waals surface area contributed by atoms with Crippen molar-refractivity contribution in [2.45, 2.75) is 12.8 Å². The largest absolute Gasteiger partial charge is 0.456 e. The summed E-state index contributed by atoms with van der Waals surface area (Å²) >= 11 is 0. The van der Waals surface area contributed by atoms with Crippen LogP contribution in [0.1, 0.15) is 12.0 Å². The number of hydrogen-bond acceptors (Lipinski definition) is 4. The van der Waals surface area contributed by atoms with Crippen molar-refractivity contribution < 1.29 is 18.7 Å². The minimum atomic E-state index is -0.0388. The summed E-state index contributed by atoms with van der Waals surface area (Å²) in [7, 11) is 0. The first-order valence-electron chi connectivity index (χ1n) is 8.86. The van der Waals surface area contributed by atoms with Crippen LogP contribution in [0.3, 0.4) is 0 Å². The van der Waals surface area contributed by atoms with Gasteiger partial charge in [0.05, 0.1) is 0 Å². The molecule has 5 nitrogen and oxygen atoms in total. The molecule has 3 aromatic carbocycles. The van der Waals surface area contributed by atoms with Gasteiger partial charge in [-0.25, -0.2) is 0 Å². The first kappa shape index (κ1) is 15.8. The van der Waals surface area contributed by atoms with E-state index in [2.05, 4.69) is 5.32 Å². The van der Waals surface area contributed by atoms with Crippen molar-refractivity contribution in [2.75, 3.05) is 12.1 Å². The molecule has 2 heterocycles. The van der Waals surface area contributed by atoms with E-state index in [1.54, 1.807) is 0 Å². The molecule has 0 saturated heterocycles. The van der Waals surface area contributed by atoms with Gasteiger partial charge in [-0.05, 0) is 42.3 Å². The second-order valence-electron chi connectivity index (χ2n) is 6.54. The van der Waals surface area contributed by atoms with Crippen LogP contribution >= 0.6 is 0 Å². The van der Waals surface area contributed by atoms with Crippen LogP contribution in [0.4, 0.5) is 5.69 Å². The Bertz CT molecular complexity index is 1160. The Labute approximate surface area is 155 Å². The Morgan fingerprint density at radius 2 is 1.74 bits per heavy atom. The quantitative estimate of drug-likeness (QED) is 0.564. The van der Waals surface area contributed by atoms with E-state index in [9.17, 15) is 4.79 Å². The average molecular weight is 359 g/mol. The van der Waals surface area contributed by atoms with Crippen molar-refractivity contribution in [2.24, 2.45) is 0 Å². The molecule has 0 saturated carbocycles. The molecular formula is C22H17NO4. The minimum absolute atomic E-state index is 0.0388. The highest BCUT2D eigenvalue weighted by atomic mass is 16.7. The number of furan rings is 1. The second kappa shape index (κ2) is 6.36. The number of amides is 1. The van der Waals surface area contributed by atoms with Crippen LogP contribution in [0.15, 0.2) is 65.1 Å². The minimum Gasteiger partial charge on any atom is -0.456 e. The summed E-state index contributed by atoms with van der Waals surface area (Å²) in [6.07, 6.45) is 1.02. The molecule has 1 aliphatic rings. The predicted octanol–water partition coefficient (Wildman–Crippen LogP) is 4.89.